The second-order valence-electron chi connectivity index (χ2n) is 4.41. The highest BCUT2D eigenvalue weighted by molar-refractivity contribution is 7.91. The molecule has 1 aliphatic rings. The molecule has 98 valence electrons. The predicted octanol–water partition coefficient (Wildman–Crippen LogP) is 0.410. The van der Waals surface area contributed by atoms with Gasteiger partial charge in [0.2, 0.25) is 10.0 Å². The van der Waals surface area contributed by atoms with Crippen LogP contribution in [0.3, 0.4) is 0 Å². The predicted molar refractivity (Wildman–Crippen MR) is 68.6 cm³/mol. The second kappa shape index (κ2) is 5.07. The van der Waals surface area contributed by atoms with Crippen molar-refractivity contribution in [3.05, 3.63) is 35.4 Å². The highest BCUT2D eigenvalue weighted by Crippen LogP contribution is 2.27. The molecule has 0 heterocycles. The average molecular weight is 268 g/mol. The Morgan fingerprint density at radius 3 is 2.39 bits per heavy atom. The van der Waals surface area contributed by atoms with Crippen LogP contribution in [0.2, 0.25) is 0 Å². The monoisotopic (exact) mass is 268 g/mol. The minimum absolute atomic E-state index is 0.347. The minimum Gasteiger partial charge on any atom is -0.330 e. The Kier molecular flexibility index (Phi) is 3.68. The van der Waals surface area contributed by atoms with E-state index in [4.69, 9.17) is 5.73 Å². The fourth-order valence-electron chi connectivity index (χ4n) is 1.64. The number of carbonyl (C=O) groups is 1. The number of rotatable bonds is 5. The topological polar surface area (TPSA) is 89.3 Å². The van der Waals surface area contributed by atoms with Crippen LogP contribution in [-0.4, -0.2) is 26.1 Å². The van der Waals surface area contributed by atoms with Crippen molar-refractivity contribution in [2.75, 3.05) is 6.54 Å². The zero-order chi connectivity index (χ0) is 13.2. The van der Waals surface area contributed by atoms with Gasteiger partial charge in [0.05, 0.1) is 5.25 Å². The molecule has 1 aromatic carbocycles. The first-order valence-corrected chi connectivity index (χ1v) is 7.42. The molecule has 0 unspecified atom stereocenters. The third kappa shape index (κ3) is 3.08. The van der Waals surface area contributed by atoms with Crippen molar-refractivity contribution in [3.8, 4) is 0 Å². The van der Waals surface area contributed by atoms with Gasteiger partial charge < -0.3 is 5.73 Å². The number of amides is 1. The molecule has 0 spiro atoms. The Morgan fingerprint density at radius 2 is 1.89 bits per heavy atom. The van der Waals surface area contributed by atoms with E-state index in [1.165, 1.54) is 0 Å². The smallest absolute Gasteiger partial charge is 0.264 e. The van der Waals surface area contributed by atoms with E-state index in [2.05, 4.69) is 4.72 Å². The third-order valence-electron chi connectivity index (χ3n) is 2.85. The molecule has 0 saturated heterocycles. The minimum atomic E-state index is -3.47. The zero-order valence-corrected chi connectivity index (χ0v) is 10.7. The molecule has 0 atom stereocenters. The first kappa shape index (κ1) is 13.0. The van der Waals surface area contributed by atoms with Crippen LogP contribution in [0.25, 0.3) is 0 Å². The van der Waals surface area contributed by atoms with Crippen LogP contribution in [0.15, 0.2) is 24.3 Å². The van der Waals surface area contributed by atoms with E-state index in [1.807, 2.05) is 0 Å². The largest absolute Gasteiger partial charge is 0.330 e. The van der Waals surface area contributed by atoms with Crippen LogP contribution in [0.1, 0.15) is 28.8 Å². The Balaban J connectivity index is 2.04. The van der Waals surface area contributed by atoms with Gasteiger partial charge in [-0.3, -0.25) is 4.79 Å². The summed E-state index contributed by atoms with van der Waals surface area (Å²) in [4.78, 5) is 11.7. The molecule has 1 amide bonds. The van der Waals surface area contributed by atoms with E-state index < -0.39 is 21.2 Å². The molecule has 1 saturated carbocycles. The third-order valence-corrected chi connectivity index (χ3v) is 4.67. The number of sulfonamides is 1. The standard InChI is InChI=1S/C12H16N2O3S/c13-8-7-9-1-3-10(4-2-9)12(15)14-18(16,17)11-5-6-11/h1-4,11H,5-8,13H2,(H,14,15). The molecule has 0 radical (unpaired) electrons. The molecule has 3 N–H and O–H groups in total. The summed E-state index contributed by atoms with van der Waals surface area (Å²) >= 11 is 0. The van der Waals surface area contributed by atoms with Crippen LogP contribution in [0, 0.1) is 0 Å². The van der Waals surface area contributed by atoms with Crippen molar-refractivity contribution >= 4 is 15.9 Å². The maximum atomic E-state index is 11.7. The van der Waals surface area contributed by atoms with Gasteiger partial charge >= 0.3 is 0 Å². The molecule has 1 aliphatic carbocycles. The van der Waals surface area contributed by atoms with Gasteiger partial charge in [-0.25, -0.2) is 13.1 Å². The van der Waals surface area contributed by atoms with Gasteiger partial charge in [0.1, 0.15) is 0 Å². The van der Waals surface area contributed by atoms with E-state index in [0.29, 0.717) is 24.9 Å². The van der Waals surface area contributed by atoms with E-state index in [-0.39, 0.29) is 0 Å². The fourth-order valence-corrected chi connectivity index (χ4v) is 2.94. The van der Waals surface area contributed by atoms with Crippen LogP contribution in [0.5, 0.6) is 0 Å². The molecule has 18 heavy (non-hydrogen) atoms. The van der Waals surface area contributed by atoms with E-state index in [9.17, 15) is 13.2 Å². The number of nitrogens with one attached hydrogen (secondary N) is 1. The summed E-state index contributed by atoms with van der Waals surface area (Å²) in [5.74, 6) is -0.568. The number of carbonyl (C=O) groups excluding carboxylic acids is 1. The molecule has 0 aromatic heterocycles. The van der Waals surface area contributed by atoms with Crippen LogP contribution >= 0.6 is 0 Å². The summed E-state index contributed by atoms with van der Waals surface area (Å²) in [5, 5.41) is -0.391. The van der Waals surface area contributed by atoms with Crippen molar-refractivity contribution in [2.24, 2.45) is 5.73 Å². The maximum absolute atomic E-state index is 11.7. The SMILES string of the molecule is NCCc1ccc(C(=O)NS(=O)(=O)C2CC2)cc1. The van der Waals surface area contributed by atoms with Gasteiger partial charge in [0.15, 0.2) is 0 Å². The summed E-state index contributed by atoms with van der Waals surface area (Å²) in [6.45, 7) is 0.543. The van der Waals surface area contributed by atoms with Crippen molar-refractivity contribution < 1.29 is 13.2 Å². The summed E-state index contributed by atoms with van der Waals surface area (Å²) in [5.41, 5.74) is 6.80. The van der Waals surface area contributed by atoms with Gasteiger partial charge in [0.25, 0.3) is 5.91 Å². The van der Waals surface area contributed by atoms with Gasteiger partial charge in [0, 0.05) is 5.56 Å². The molecular weight excluding hydrogens is 252 g/mol. The van der Waals surface area contributed by atoms with Gasteiger partial charge in [-0.05, 0) is 43.5 Å². The molecule has 1 aromatic rings. The summed E-state index contributed by atoms with van der Waals surface area (Å²) in [6, 6.07) is 6.79. The summed E-state index contributed by atoms with van der Waals surface area (Å²) in [7, 11) is -3.47. The van der Waals surface area contributed by atoms with Gasteiger partial charge in [-0.15, -0.1) is 0 Å². The highest BCUT2D eigenvalue weighted by Gasteiger charge is 2.36. The molecule has 1 fully saturated rings. The van der Waals surface area contributed by atoms with Crippen molar-refractivity contribution in [1.82, 2.24) is 4.72 Å². The molecule has 0 aliphatic heterocycles. The number of hydrogen-bond acceptors (Lipinski definition) is 4. The Morgan fingerprint density at radius 1 is 1.28 bits per heavy atom. The lowest BCUT2D eigenvalue weighted by Gasteiger charge is -2.06. The summed E-state index contributed by atoms with van der Waals surface area (Å²) in [6.07, 6.45) is 2.01. The Bertz CT molecular complexity index is 533. The fraction of sp³-hybridized carbons (Fsp3) is 0.417. The highest BCUT2D eigenvalue weighted by atomic mass is 32.2. The lowest BCUT2D eigenvalue weighted by molar-refractivity contribution is 0.0981. The number of hydrogen-bond donors (Lipinski definition) is 2. The van der Waals surface area contributed by atoms with E-state index >= 15 is 0 Å². The van der Waals surface area contributed by atoms with E-state index in [0.717, 1.165) is 12.0 Å². The first-order chi connectivity index (χ1) is 8.53. The van der Waals surface area contributed by atoms with Crippen molar-refractivity contribution in [1.29, 1.82) is 0 Å². The van der Waals surface area contributed by atoms with Crippen LogP contribution < -0.4 is 10.5 Å². The van der Waals surface area contributed by atoms with Crippen molar-refractivity contribution in [2.45, 2.75) is 24.5 Å². The molecular formula is C12H16N2O3S. The van der Waals surface area contributed by atoms with E-state index in [1.54, 1.807) is 24.3 Å². The molecule has 5 nitrogen and oxygen atoms in total. The molecule has 6 heteroatoms. The molecule has 2 rings (SSSR count). The Hall–Kier alpha value is -1.40. The number of nitrogens with two attached hydrogens (primary N) is 1. The van der Waals surface area contributed by atoms with Crippen molar-refractivity contribution in [3.63, 3.8) is 0 Å². The van der Waals surface area contributed by atoms with Gasteiger partial charge in [-0.2, -0.15) is 0 Å². The zero-order valence-electron chi connectivity index (χ0n) is 9.93. The van der Waals surface area contributed by atoms with Crippen LogP contribution in [0.4, 0.5) is 0 Å². The second-order valence-corrected chi connectivity index (χ2v) is 6.37. The first-order valence-electron chi connectivity index (χ1n) is 5.88. The van der Waals surface area contributed by atoms with Crippen LogP contribution in [-0.2, 0) is 16.4 Å². The number of benzene rings is 1. The quantitative estimate of drug-likeness (QED) is 0.809. The lowest BCUT2D eigenvalue weighted by atomic mass is 10.1. The normalized spacial score (nSPS) is 15.4. The Labute approximate surface area is 106 Å². The summed E-state index contributed by atoms with van der Waals surface area (Å²) < 4.78 is 25.3. The average Bonchev–Trinajstić information content (AvgIpc) is 3.13. The maximum Gasteiger partial charge on any atom is 0.264 e. The molecule has 0 bridgehead atoms. The lowest BCUT2D eigenvalue weighted by Crippen LogP contribution is -2.33. The van der Waals surface area contributed by atoms with Gasteiger partial charge in [-0.1, -0.05) is 12.1 Å².